The Balaban J connectivity index is 1.50. The first-order valence-electron chi connectivity index (χ1n) is 10.0. The van der Waals surface area contributed by atoms with Crippen LogP contribution in [0.1, 0.15) is 11.1 Å². The van der Waals surface area contributed by atoms with Gasteiger partial charge >= 0.3 is 0 Å². The maximum atomic E-state index is 4.93. The third-order valence-electron chi connectivity index (χ3n) is 6.03. The average Bonchev–Trinajstić information content (AvgIpc) is 3.27. The molecule has 5 heteroatoms. The van der Waals surface area contributed by atoms with E-state index in [2.05, 4.69) is 94.5 Å². The highest BCUT2D eigenvalue weighted by Crippen LogP contribution is 2.36. The second kappa shape index (κ2) is 6.34. The van der Waals surface area contributed by atoms with E-state index in [0.717, 1.165) is 23.1 Å². The van der Waals surface area contributed by atoms with Gasteiger partial charge in [0.15, 0.2) is 5.69 Å². The molecule has 5 nitrogen and oxygen atoms in total. The molecule has 0 saturated heterocycles. The molecule has 0 fully saturated rings. The summed E-state index contributed by atoms with van der Waals surface area (Å²) in [5, 5.41) is 5.97. The summed E-state index contributed by atoms with van der Waals surface area (Å²) in [4.78, 5) is 8.55. The van der Waals surface area contributed by atoms with Gasteiger partial charge in [-0.2, -0.15) is 4.59 Å². The Morgan fingerprint density at radius 1 is 0.933 bits per heavy atom. The van der Waals surface area contributed by atoms with Crippen LogP contribution in [0.2, 0.25) is 0 Å². The first-order chi connectivity index (χ1) is 14.7. The number of nitrogens with zero attached hydrogens (tertiary/aromatic N) is 5. The van der Waals surface area contributed by atoms with Crippen LogP contribution in [-0.4, -0.2) is 27.6 Å². The third-order valence-corrected chi connectivity index (χ3v) is 6.03. The van der Waals surface area contributed by atoms with Crippen molar-refractivity contribution in [1.82, 2.24) is 19.0 Å². The van der Waals surface area contributed by atoms with Gasteiger partial charge in [0, 0.05) is 52.8 Å². The summed E-state index contributed by atoms with van der Waals surface area (Å²) in [6, 6.07) is 21.4. The highest BCUT2D eigenvalue weighted by Gasteiger charge is 2.32. The summed E-state index contributed by atoms with van der Waals surface area (Å²) in [6.45, 7) is 0.778. The largest absolute Gasteiger partial charge is 0.323 e. The van der Waals surface area contributed by atoms with Gasteiger partial charge < -0.3 is 4.40 Å². The van der Waals surface area contributed by atoms with Crippen molar-refractivity contribution < 1.29 is 0 Å². The van der Waals surface area contributed by atoms with Crippen LogP contribution in [0.5, 0.6) is 0 Å². The number of benzene rings is 2. The Morgan fingerprint density at radius 3 is 2.73 bits per heavy atom. The highest BCUT2D eigenvalue weighted by molar-refractivity contribution is 5.91. The van der Waals surface area contributed by atoms with Gasteiger partial charge in [0.1, 0.15) is 12.9 Å². The van der Waals surface area contributed by atoms with Crippen LogP contribution in [0.3, 0.4) is 0 Å². The Hall–Kier alpha value is -3.83. The zero-order valence-electron chi connectivity index (χ0n) is 16.6. The standard InChI is InChI=1S/C25H20N5/c1-30(20-10-9-19-14-26-17-27-24(19)13-20)16-23-18(15-28-30)5-2-6-21(23)22-7-3-11-29-12-4-8-25(22)29/h2-15,17H,16H2,1H3/q+1. The number of quaternary nitrogens is 1. The predicted octanol–water partition coefficient (Wildman–Crippen LogP) is 5.03. The lowest BCUT2D eigenvalue weighted by Crippen LogP contribution is -2.41. The van der Waals surface area contributed by atoms with Gasteiger partial charge in [-0.1, -0.05) is 29.4 Å². The molecule has 0 spiro atoms. The van der Waals surface area contributed by atoms with Gasteiger partial charge in [-0.05, 0) is 29.8 Å². The van der Waals surface area contributed by atoms with E-state index in [1.807, 2.05) is 12.4 Å². The van der Waals surface area contributed by atoms with E-state index in [1.165, 1.54) is 27.8 Å². The molecule has 0 radical (unpaired) electrons. The maximum absolute atomic E-state index is 4.93. The Labute approximate surface area is 174 Å². The molecule has 1 aliphatic heterocycles. The smallest absolute Gasteiger partial charge is 0.161 e. The lowest BCUT2D eigenvalue weighted by Gasteiger charge is -2.31. The Kier molecular flexibility index (Phi) is 3.60. The summed E-state index contributed by atoms with van der Waals surface area (Å²) in [5.41, 5.74) is 8.26. The second-order valence-corrected chi connectivity index (χ2v) is 7.90. The molecular formula is C25H20N5+. The van der Waals surface area contributed by atoms with Crippen LogP contribution >= 0.6 is 0 Å². The van der Waals surface area contributed by atoms with Crippen molar-refractivity contribution in [2.75, 3.05) is 7.05 Å². The molecule has 1 aliphatic rings. The van der Waals surface area contributed by atoms with E-state index in [-0.39, 0.29) is 0 Å². The lowest BCUT2D eigenvalue weighted by molar-refractivity contribution is 0.337. The number of pyridine rings is 1. The third kappa shape index (κ3) is 2.56. The fourth-order valence-corrected chi connectivity index (χ4v) is 4.41. The molecule has 0 saturated carbocycles. The predicted molar refractivity (Wildman–Crippen MR) is 121 cm³/mol. The number of hydrogen-bond acceptors (Lipinski definition) is 3. The first-order valence-corrected chi connectivity index (χ1v) is 10.0. The van der Waals surface area contributed by atoms with E-state index in [4.69, 9.17) is 5.10 Å². The molecular weight excluding hydrogens is 370 g/mol. The fourth-order valence-electron chi connectivity index (χ4n) is 4.41. The molecule has 3 aromatic heterocycles. The quantitative estimate of drug-likeness (QED) is 0.397. The van der Waals surface area contributed by atoms with E-state index in [0.29, 0.717) is 4.59 Å². The lowest BCUT2D eigenvalue weighted by atomic mass is 9.94. The average molecular weight is 390 g/mol. The van der Waals surface area contributed by atoms with Crippen molar-refractivity contribution in [3.8, 4) is 11.1 Å². The molecule has 1 atom stereocenters. The van der Waals surface area contributed by atoms with Crippen molar-refractivity contribution >= 4 is 28.3 Å². The van der Waals surface area contributed by atoms with Gasteiger partial charge in [0.25, 0.3) is 0 Å². The summed E-state index contributed by atoms with van der Waals surface area (Å²) in [7, 11) is 2.15. The number of rotatable bonds is 2. The molecule has 6 rings (SSSR count). The minimum Gasteiger partial charge on any atom is -0.323 e. The van der Waals surface area contributed by atoms with Crippen LogP contribution < -0.4 is 4.59 Å². The Bertz CT molecular complexity index is 1450. The van der Waals surface area contributed by atoms with Gasteiger partial charge in [-0.25, -0.2) is 9.97 Å². The summed E-state index contributed by atoms with van der Waals surface area (Å²) < 4.78 is 2.62. The molecule has 0 aliphatic carbocycles. The van der Waals surface area contributed by atoms with Crippen LogP contribution in [0.4, 0.5) is 5.69 Å². The number of aromatic nitrogens is 3. The molecule has 0 bridgehead atoms. The van der Waals surface area contributed by atoms with Crippen LogP contribution in [-0.2, 0) is 6.54 Å². The number of fused-ring (bicyclic) bond motifs is 3. The van der Waals surface area contributed by atoms with Crippen molar-refractivity contribution in [3.05, 3.63) is 96.7 Å². The van der Waals surface area contributed by atoms with Crippen molar-refractivity contribution in [2.45, 2.75) is 6.54 Å². The van der Waals surface area contributed by atoms with E-state index >= 15 is 0 Å². The van der Waals surface area contributed by atoms with Gasteiger partial charge in [0.2, 0.25) is 0 Å². The minimum absolute atomic E-state index is 0.452. The summed E-state index contributed by atoms with van der Waals surface area (Å²) in [5.74, 6) is 0. The molecule has 30 heavy (non-hydrogen) atoms. The first kappa shape index (κ1) is 17.1. The molecule has 1 unspecified atom stereocenters. The van der Waals surface area contributed by atoms with Gasteiger partial charge in [-0.3, -0.25) is 0 Å². The van der Waals surface area contributed by atoms with E-state index in [1.54, 1.807) is 6.33 Å². The van der Waals surface area contributed by atoms with Gasteiger partial charge in [0.05, 0.1) is 24.3 Å². The summed E-state index contributed by atoms with van der Waals surface area (Å²) in [6.07, 6.45) is 9.62. The fraction of sp³-hybridized carbons (Fsp3) is 0.0800. The van der Waals surface area contributed by atoms with Crippen LogP contribution in [0.25, 0.3) is 27.5 Å². The van der Waals surface area contributed by atoms with Gasteiger partial charge in [-0.15, -0.1) is 0 Å². The molecule has 4 heterocycles. The monoisotopic (exact) mass is 390 g/mol. The van der Waals surface area contributed by atoms with Crippen molar-refractivity contribution in [1.29, 1.82) is 0 Å². The highest BCUT2D eigenvalue weighted by atomic mass is 15.6. The van der Waals surface area contributed by atoms with E-state index in [9.17, 15) is 0 Å². The molecule has 144 valence electrons. The van der Waals surface area contributed by atoms with Crippen LogP contribution in [0.15, 0.2) is 90.7 Å². The summed E-state index contributed by atoms with van der Waals surface area (Å²) >= 11 is 0. The minimum atomic E-state index is 0.452. The van der Waals surface area contributed by atoms with Crippen LogP contribution in [0, 0.1) is 0 Å². The number of hydrogen-bond donors (Lipinski definition) is 0. The molecule has 2 aromatic carbocycles. The maximum Gasteiger partial charge on any atom is 0.161 e. The topological polar surface area (TPSA) is 42.5 Å². The zero-order valence-corrected chi connectivity index (χ0v) is 16.6. The Morgan fingerprint density at radius 2 is 1.80 bits per heavy atom. The normalized spacial score (nSPS) is 18.0. The SMILES string of the molecule is C[N+]1(c2ccc3cncnc3c2)Cc2c(cccc2-c2cccn3cccc23)C=N1. The second-order valence-electron chi connectivity index (χ2n) is 7.90. The molecule has 5 aromatic rings. The van der Waals surface area contributed by atoms with Crippen molar-refractivity contribution in [3.63, 3.8) is 0 Å². The molecule has 0 amide bonds. The molecule has 0 N–H and O–H groups in total. The van der Waals surface area contributed by atoms with E-state index < -0.39 is 0 Å². The van der Waals surface area contributed by atoms with Crippen molar-refractivity contribution in [2.24, 2.45) is 5.10 Å². The zero-order chi connectivity index (χ0) is 20.1.